The van der Waals surface area contributed by atoms with Gasteiger partial charge in [-0.15, -0.1) is 0 Å². The lowest BCUT2D eigenvalue weighted by atomic mass is 10.1. The number of allylic oxidation sites excluding steroid dienone is 4. The van der Waals surface area contributed by atoms with E-state index in [9.17, 15) is 0 Å². The minimum atomic E-state index is 1.22. The fraction of sp³-hybridized carbons (Fsp3) is 0.615. The second-order valence-corrected chi connectivity index (χ2v) is 3.67. The fourth-order valence-corrected chi connectivity index (χ4v) is 1.57. The van der Waals surface area contributed by atoms with Crippen LogP contribution in [0.5, 0.6) is 0 Å². The van der Waals surface area contributed by atoms with Gasteiger partial charge in [-0.2, -0.15) is 0 Å². The van der Waals surface area contributed by atoms with Gasteiger partial charge in [0.2, 0.25) is 0 Å². The van der Waals surface area contributed by atoms with Gasteiger partial charge >= 0.3 is 0 Å². The van der Waals surface area contributed by atoms with Crippen LogP contribution in [0.25, 0.3) is 0 Å². The van der Waals surface area contributed by atoms with E-state index in [2.05, 4.69) is 30.7 Å². The van der Waals surface area contributed by atoms with Crippen molar-refractivity contribution in [1.82, 2.24) is 0 Å². The van der Waals surface area contributed by atoms with Crippen LogP contribution >= 0.6 is 0 Å². The fourth-order valence-electron chi connectivity index (χ4n) is 1.57. The number of hydrogen-bond acceptors (Lipinski definition) is 0. The maximum Gasteiger partial charge on any atom is -0.0316 e. The van der Waals surface area contributed by atoms with Crippen molar-refractivity contribution in [2.24, 2.45) is 0 Å². The third-order valence-electron chi connectivity index (χ3n) is 2.39. The first kappa shape index (κ1) is 10.6. The normalized spacial score (nSPS) is 26.5. The van der Waals surface area contributed by atoms with E-state index in [1.807, 2.05) is 0 Å². The smallest absolute Gasteiger partial charge is 0.0316 e. The Hall–Kier alpha value is -0.520. The van der Waals surface area contributed by atoms with Gasteiger partial charge in [-0.05, 0) is 57.8 Å². The Labute approximate surface area is 82.7 Å². The lowest BCUT2D eigenvalue weighted by molar-refractivity contribution is 0.740. The predicted molar refractivity (Wildman–Crippen MR) is 59.5 cm³/mol. The average molecular weight is 177 g/mol. The molecular formula is C13H21. The van der Waals surface area contributed by atoms with E-state index in [-0.39, 0.29) is 0 Å². The summed E-state index contributed by atoms with van der Waals surface area (Å²) in [5.74, 6) is 0. The Balaban J connectivity index is 2.18. The Morgan fingerprint density at radius 2 is 0.923 bits per heavy atom. The quantitative estimate of drug-likeness (QED) is 0.480. The van der Waals surface area contributed by atoms with Gasteiger partial charge < -0.3 is 0 Å². The molecule has 0 aliphatic heterocycles. The SMILES string of the molecule is [CH]1CCC/C=C/CC/C=C/CCC1. The molecule has 0 unspecified atom stereocenters. The summed E-state index contributed by atoms with van der Waals surface area (Å²) in [6, 6.07) is 0. The molecule has 73 valence electrons. The summed E-state index contributed by atoms with van der Waals surface area (Å²) in [5.41, 5.74) is 0. The number of rotatable bonds is 0. The van der Waals surface area contributed by atoms with Gasteiger partial charge in [-0.3, -0.25) is 0 Å². The third-order valence-corrected chi connectivity index (χ3v) is 2.39. The largest absolute Gasteiger partial charge is 0.0885 e. The first-order chi connectivity index (χ1) is 6.50. The molecule has 13 heavy (non-hydrogen) atoms. The van der Waals surface area contributed by atoms with Crippen molar-refractivity contribution in [3.63, 3.8) is 0 Å². The maximum atomic E-state index is 2.44. The van der Waals surface area contributed by atoms with Gasteiger partial charge in [0.15, 0.2) is 0 Å². The molecule has 1 aliphatic carbocycles. The van der Waals surface area contributed by atoms with Crippen molar-refractivity contribution in [3.05, 3.63) is 30.7 Å². The van der Waals surface area contributed by atoms with E-state index in [1.165, 1.54) is 51.4 Å². The van der Waals surface area contributed by atoms with Crippen LogP contribution in [0.1, 0.15) is 51.4 Å². The molecule has 0 bridgehead atoms. The summed E-state index contributed by atoms with van der Waals surface area (Å²) in [6.45, 7) is 0. The van der Waals surface area contributed by atoms with Crippen molar-refractivity contribution in [2.75, 3.05) is 0 Å². The molecule has 0 nitrogen and oxygen atoms in total. The van der Waals surface area contributed by atoms with Crippen LogP contribution in [-0.2, 0) is 0 Å². The highest BCUT2D eigenvalue weighted by molar-refractivity contribution is 4.89. The van der Waals surface area contributed by atoms with Crippen LogP contribution in [0.15, 0.2) is 24.3 Å². The Bertz CT molecular complexity index is 135. The van der Waals surface area contributed by atoms with Crippen LogP contribution in [0.2, 0.25) is 0 Å². The van der Waals surface area contributed by atoms with Crippen LogP contribution < -0.4 is 0 Å². The molecule has 0 N–H and O–H groups in total. The molecule has 0 heteroatoms. The van der Waals surface area contributed by atoms with Crippen molar-refractivity contribution in [3.8, 4) is 0 Å². The van der Waals surface area contributed by atoms with Crippen LogP contribution in [0.3, 0.4) is 0 Å². The second kappa shape index (κ2) is 8.10. The standard InChI is InChI=1S/C13H21/c1-2-4-6-8-10-12-13-11-9-7-5-3-1/h1-2,7,9-10H,3-6,8,11-13H2/b2-1+,9-7+. The van der Waals surface area contributed by atoms with Gasteiger partial charge in [-0.1, -0.05) is 24.3 Å². The Morgan fingerprint density at radius 3 is 1.46 bits per heavy atom. The highest BCUT2D eigenvalue weighted by Crippen LogP contribution is 2.08. The Kier molecular flexibility index (Phi) is 6.58. The molecular weight excluding hydrogens is 156 g/mol. The van der Waals surface area contributed by atoms with E-state index in [0.29, 0.717) is 0 Å². The van der Waals surface area contributed by atoms with E-state index >= 15 is 0 Å². The molecule has 0 atom stereocenters. The predicted octanol–water partition coefficient (Wildman–Crippen LogP) is 4.44. The second-order valence-electron chi connectivity index (χ2n) is 3.67. The number of hydrogen-bond donors (Lipinski definition) is 0. The molecule has 0 spiro atoms. The van der Waals surface area contributed by atoms with Crippen LogP contribution in [0.4, 0.5) is 0 Å². The van der Waals surface area contributed by atoms with E-state index in [4.69, 9.17) is 0 Å². The first-order valence-corrected chi connectivity index (χ1v) is 5.62. The summed E-state index contributed by atoms with van der Waals surface area (Å²) in [7, 11) is 0. The summed E-state index contributed by atoms with van der Waals surface area (Å²) in [5, 5.41) is 0. The van der Waals surface area contributed by atoms with Crippen LogP contribution in [-0.4, -0.2) is 0 Å². The molecule has 0 fully saturated rings. The van der Waals surface area contributed by atoms with Gasteiger partial charge in [0.05, 0.1) is 0 Å². The molecule has 1 radical (unpaired) electrons. The topological polar surface area (TPSA) is 0 Å². The highest BCUT2D eigenvalue weighted by atomic mass is 14.0. The van der Waals surface area contributed by atoms with E-state index in [1.54, 1.807) is 0 Å². The van der Waals surface area contributed by atoms with Gasteiger partial charge in [0, 0.05) is 0 Å². The van der Waals surface area contributed by atoms with E-state index in [0.717, 1.165) is 0 Å². The molecule has 0 amide bonds. The summed E-state index contributed by atoms with van der Waals surface area (Å²) in [6.07, 6.45) is 22.0. The van der Waals surface area contributed by atoms with Gasteiger partial charge in [-0.25, -0.2) is 0 Å². The van der Waals surface area contributed by atoms with Crippen molar-refractivity contribution < 1.29 is 0 Å². The first-order valence-electron chi connectivity index (χ1n) is 5.62. The molecule has 0 aromatic heterocycles. The molecule has 0 aromatic carbocycles. The zero-order valence-corrected chi connectivity index (χ0v) is 8.54. The Morgan fingerprint density at radius 1 is 0.462 bits per heavy atom. The highest BCUT2D eigenvalue weighted by Gasteiger charge is 1.90. The molecule has 1 rings (SSSR count). The zero-order valence-electron chi connectivity index (χ0n) is 8.54. The van der Waals surface area contributed by atoms with Crippen LogP contribution in [0, 0.1) is 6.42 Å². The molecule has 1 aliphatic rings. The minimum absolute atomic E-state index is 1.22. The summed E-state index contributed by atoms with van der Waals surface area (Å²) >= 11 is 0. The minimum Gasteiger partial charge on any atom is -0.0885 e. The van der Waals surface area contributed by atoms with E-state index < -0.39 is 0 Å². The van der Waals surface area contributed by atoms with Crippen molar-refractivity contribution in [1.29, 1.82) is 0 Å². The van der Waals surface area contributed by atoms with Gasteiger partial charge in [0.25, 0.3) is 0 Å². The summed E-state index contributed by atoms with van der Waals surface area (Å²) in [4.78, 5) is 0. The monoisotopic (exact) mass is 177 g/mol. The zero-order chi connectivity index (χ0) is 9.19. The van der Waals surface area contributed by atoms with Crippen molar-refractivity contribution >= 4 is 0 Å². The molecule has 0 heterocycles. The maximum absolute atomic E-state index is 2.44. The lowest BCUT2D eigenvalue weighted by Gasteiger charge is -1.96. The lowest BCUT2D eigenvalue weighted by Crippen LogP contribution is -1.78. The van der Waals surface area contributed by atoms with Crippen molar-refractivity contribution in [2.45, 2.75) is 51.4 Å². The summed E-state index contributed by atoms with van der Waals surface area (Å²) < 4.78 is 0. The third kappa shape index (κ3) is 6.62. The molecule has 0 saturated heterocycles. The average Bonchev–Trinajstić information content (AvgIpc) is 2.18. The van der Waals surface area contributed by atoms with Gasteiger partial charge in [0.1, 0.15) is 0 Å². The molecule has 0 aromatic rings. The molecule has 0 saturated carbocycles.